The Morgan fingerprint density at radius 3 is 2.56 bits per heavy atom. The average Bonchev–Trinajstić information content (AvgIpc) is 3.42. The van der Waals surface area contributed by atoms with Gasteiger partial charge >= 0.3 is 0 Å². The Labute approximate surface area is 213 Å². The molecular formula is C27H24N4O4S. The summed E-state index contributed by atoms with van der Waals surface area (Å²) in [6, 6.07) is 20.2. The predicted molar refractivity (Wildman–Crippen MR) is 139 cm³/mol. The van der Waals surface area contributed by atoms with Crippen LogP contribution < -0.4 is 20.7 Å². The molecule has 0 saturated carbocycles. The second kappa shape index (κ2) is 11.3. The minimum absolute atomic E-state index is 0.0799. The number of dihydropyridines is 1. The van der Waals surface area contributed by atoms with E-state index in [0.717, 1.165) is 0 Å². The largest absolute Gasteiger partial charge is 0.495 e. The van der Waals surface area contributed by atoms with Crippen molar-refractivity contribution in [2.24, 2.45) is 0 Å². The van der Waals surface area contributed by atoms with Crippen LogP contribution in [-0.4, -0.2) is 24.7 Å². The fraction of sp³-hybridized carbons (Fsp3) is 0.148. The zero-order chi connectivity index (χ0) is 25.5. The third-order valence-electron chi connectivity index (χ3n) is 5.53. The Hall–Kier alpha value is -4.42. The molecule has 2 amide bonds. The number of para-hydroxylation sites is 3. The molecule has 36 heavy (non-hydrogen) atoms. The fourth-order valence-electron chi connectivity index (χ4n) is 3.89. The molecule has 0 aliphatic carbocycles. The van der Waals surface area contributed by atoms with E-state index < -0.39 is 5.92 Å². The number of hydrogen-bond donors (Lipinski definition) is 3. The average molecular weight is 501 g/mol. The summed E-state index contributed by atoms with van der Waals surface area (Å²) >= 11 is 1.20. The van der Waals surface area contributed by atoms with Gasteiger partial charge in [0.25, 0.3) is 5.91 Å². The van der Waals surface area contributed by atoms with Gasteiger partial charge in [0.2, 0.25) is 5.91 Å². The highest BCUT2D eigenvalue weighted by atomic mass is 32.2. The maximum atomic E-state index is 13.5. The number of nitriles is 1. The second-order valence-corrected chi connectivity index (χ2v) is 8.85. The molecule has 2 aromatic carbocycles. The highest BCUT2D eigenvalue weighted by Gasteiger charge is 2.35. The second-order valence-electron chi connectivity index (χ2n) is 7.87. The van der Waals surface area contributed by atoms with Crippen molar-refractivity contribution in [2.75, 3.05) is 23.5 Å². The number of amides is 2. The van der Waals surface area contributed by atoms with Gasteiger partial charge in [0.1, 0.15) is 5.75 Å². The lowest BCUT2D eigenvalue weighted by atomic mass is 9.83. The first kappa shape index (κ1) is 24.7. The van der Waals surface area contributed by atoms with Gasteiger partial charge < -0.3 is 25.1 Å². The molecule has 1 atom stereocenters. The van der Waals surface area contributed by atoms with Crippen LogP contribution in [0.15, 0.2) is 99.5 Å². The van der Waals surface area contributed by atoms with Crippen LogP contribution in [0.5, 0.6) is 5.75 Å². The molecule has 3 N–H and O–H groups in total. The third kappa shape index (κ3) is 5.45. The first-order valence-corrected chi connectivity index (χ1v) is 12.1. The summed E-state index contributed by atoms with van der Waals surface area (Å²) in [6.45, 7) is 1.77. The zero-order valence-electron chi connectivity index (χ0n) is 19.7. The number of carbonyl (C=O) groups excluding carboxylic acids is 2. The lowest BCUT2D eigenvalue weighted by molar-refractivity contribution is -0.114. The van der Waals surface area contributed by atoms with E-state index in [1.165, 1.54) is 31.4 Å². The number of nitrogens with zero attached hydrogens (tertiary/aromatic N) is 1. The lowest BCUT2D eigenvalue weighted by Crippen LogP contribution is -2.31. The SMILES string of the molecule is COc1ccccc1NC(=O)C1=C(C)NC(SCC(=O)Nc2ccccc2)=C(C#N)C1c1ccoc1. The van der Waals surface area contributed by atoms with Crippen LogP contribution in [0.1, 0.15) is 18.4 Å². The van der Waals surface area contributed by atoms with E-state index >= 15 is 0 Å². The highest BCUT2D eigenvalue weighted by Crippen LogP contribution is 2.41. The molecule has 0 bridgehead atoms. The summed E-state index contributed by atoms with van der Waals surface area (Å²) in [5.41, 5.74) is 3.12. The van der Waals surface area contributed by atoms with Crippen molar-refractivity contribution >= 4 is 35.0 Å². The summed E-state index contributed by atoms with van der Waals surface area (Å²) in [7, 11) is 1.53. The zero-order valence-corrected chi connectivity index (χ0v) is 20.5. The van der Waals surface area contributed by atoms with Crippen LogP contribution in [0.3, 0.4) is 0 Å². The third-order valence-corrected chi connectivity index (χ3v) is 6.55. The van der Waals surface area contributed by atoms with Crippen molar-refractivity contribution in [2.45, 2.75) is 12.8 Å². The van der Waals surface area contributed by atoms with E-state index in [1.54, 1.807) is 43.3 Å². The monoisotopic (exact) mass is 500 g/mol. The van der Waals surface area contributed by atoms with Gasteiger partial charge in [-0.3, -0.25) is 9.59 Å². The van der Waals surface area contributed by atoms with E-state index in [-0.39, 0.29) is 17.6 Å². The molecule has 182 valence electrons. The van der Waals surface area contributed by atoms with Crippen LogP contribution in [-0.2, 0) is 9.59 Å². The number of allylic oxidation sites excluding steroid dienone is 2. The number of anilines is 2. The van der Waals surface area contributed by atoms with Crippen molar-refractivity contribution in [3.8, 4) is 11.8 Å². The molecule has 0 fully saturated rings. The first-order valence-electron chi connectivity index (χ1n) is 11.1. The first-order chi connectivity index (χ1) is 17.5. The molecule has 1 aliphatic rings. The quantitative estimate of drug-likeness (QED) is 0.399. The van der Waals surface area contributed by atoms with Crippen LogP contribution >= 0.6 is 11.8 Å². The topological polar surface area (TPSA) is 116 Å². The van der Waals surface area contributed by atoms with Crippen LogP contribution in [0.2, 0.25) is 0 Å². The normalized spacial score (nSPS) is 15.1. The molecule has 8 nitrogen and oxygen atoms in total. The van der Waals surface area contributed by atoms with Gasteiger partial charge in [0.05, 0.1) is 53.7 Å². The number of nitrogens with one attached hydrogen (secondary N) is 3. The number of furan rings is 1. The van der Waals surface area contributed by atoms with Crippen LogP contribution in [0, 0.1) is 11.3 Å². The molecule has 9 heteroatoms. The molecule has 1 aliphatic heterocycles. The summed E-state index contributed by atoms with van der Waals surface area (Å²) < 4.78 is 10.6. The number of ether oxygens (including phenoxy) is 1. The Kier molecular flexibility index (Phi) is 7.78. The van der Waals surface area contributed by atoms with E-state index in [1.807, 2.05) is 24.3 Å². The Bertz CT molecular complexity index is 1360. The number of thioether (sulfide) groups is 1. The van der Waals surface area contributed by atoms with Gasteiger partial charge in [-0.05, 0) is 37.3 Å². The molecule has 1 unspecified atom stereocenters. The Morgan fingerprint density at radius 1 is 1.11 bits per heavy atom. The highest BCUT2D eigenvalue weighted by molar-refractivity contribution is 8.03. The summed E-state index contributed by atoms with van der Waals surface area (Å²) in [4.78, 5) is 26.0. The number of benzene rings is 2. The number of methoxy groups -OCH3 is 1. The van der Waals surface area contributed by atoms with Gasteiger partial charge in [-0.15, -0.1) is 0 Å². The molecule has 3 aromatic rings. The molecular weight excluding hydrogens is 476 g/mol. The van der Waals surface area contributed by atoms with Crippen molar-refractivity contribution in [3.63, 3.8) is 0 Å². The minimum atomic E-state index is -0.676. The molecule has 0 saturated heterocycles. The molecule has 0 radical (unpaired) electrons. The van der Waals surface area contributed by atoms with Gasteiger partial charge in [0, 0.05) is 22.5 Å². The maximum Gasteiger partial charge on any atom is 0.254 e. The van der Waals surface area contributed by atoms with E-state index in [9.17, 15) is 14.9 Å². The van der Waals surface area contributed by atoms with E-state index in [2.05, 4.69) is 22.0 Å². The smallest absolute Gasteiger partial charge is 0.254 e. The van der Waals surface area contributed by atoms with Crippen LogP contribution in [0.4, 0.5) is 11.4 Å². The van der Waals surface area contributed by atoms with Crippen LogP contribution in [0.25, 0.3) is 0 Å². The minimum Gasteiger partial charge on any atom is -0.495 e. The van der Waals surface area contributed by atoms with E-state index in [0.29, 0.717) is 44.6 Å². The molecule has 4 rings (SSSR count). The predicted octanol–water partition coefficient (Wildman–Crippen LogP) is 4.99. The van der Waals surface area contributed by atoms with Crippen molar-refractivity contribution in [3.05, 3.63) is 101 Å². The fourth-order valence-corrected chi connectivity index (χ4v) is 4.79. The van der Waals surface area contributed by atoms with Gasteiger partial charge in [0.15, 0.2) is 0 Å². The van der Waals surface area contributed by atoms with Gasteiger partial charge in [-0.25, -0.2) is 0 Å². The Morgan fingerprint density at radius 2 is 1.86 bits per heavy atom. The van der Waals surface area contributed by atoms with Gasteiger partial charge in [-0.2, -0.15) is 5.26 Å². The maximum absolute atomic E-state index is 13.5. The number of rotatable bonds is 8. The lowest BCUT2D eigenvalue weighted by Gasteiger charge is -2.29. The van der Waals surface area contributed by atoms with Crippen molar-refractivity contribution in [1.82, 2.24) is 5.32 Å². The van der Waals surface area contributed by atoms with Crippen molar-refractivity contribution < 1.29 is 18.7 Å². The van der Waals surface area contributed by atoms with Gasteiger partial charge in [-0.1, -0.05) is 42.1 Å². The summed E-state index contributed by atoms with van der Waals surface area (Å²) in [5.74, 6) is -0.668. The molecule has 2 heterocycles. The summed E-state index contributed by atoms with van der Waals surface area (Å²) in [6.07, 6.45) is 3.01. The van der Waals surface area contributed by atoms with Crippen molar-refractivity contribution in [1.29, 1.82) is 5.26 Å². The number of hydrogen-bond acceptors (Lipinski definition) is 7. The molecule has 0 spiro atoms. The molecule has 1 aromatic heterocycles. The summed E-state index contributed by atoms with van der Waals surface area (Å²) in [5, 5.41) is 19.5. The number of carbonyl (C=O) groups is 2. The Balaban J connectivity index is 1.60. The van der Waals surface area contributed by atoms with E-state index in [4.69, 9.17) is 9.15 Å². The standard InChI is InChI=1S/C27H24N4O4S/c1-17-24(26(33)31-21-10-6-7-11-22(21)34-2)25(18-12-13-35-15-18)20(14-28)27(29-17)36-16-23(32)30-19-8-4-3-5-9-19/h3-13,15,25,29H,16H2,1-2H3,(H,30,32)(H,31,33).